The van der Waals surface area contributed by atoms with E-state index in [2.05, 4.69) is 22.4 Å². The van der Waals surface area contributed by atoms with Crippen molar-refractivity contribution < 1.29 is 4.79 Å². The Labute approximate surface area is 124 Å². The molecule has 1 aliphatic heterocycles. The van der Waals surface area contributed by atoms with E-state index in [1.807, 2.05) is 31.3 Å². The Bertz CT molecular complexity index is 627. The zero-order valence-electron chi connectivity index (χ0n) is 12.1. The third kappa shape index (κ3) is 3.11. The Hall–Kier alpha value is -2.20. The van der Waals surface area contributed by atoms with Crippen molar-refractivity contribution in [3.63, 3.8) is 0 Å². The first-order valence-corrected chi connectivity index (χ1v) is 7.18. The highest BCUT2D eigenvalue weighted by molar-refractivity contribution is 5.82. The van der Waals surface area contributed by atoms with Crippen LogP contribution >= 0.6 is 0 Å². The minimum Gasteiger partial charge on any atom is -0.340 e. The summed E-state index contributed by atoms with van der Waals surface area (Å²) < 4.78 is 0. The Balaban J connectivity index is 1.66. The molecule has 4 heteroatoms. The fourth-order valence-electron chi connectivity index (χ4n) is 2.74. The van der Waals surface area contributed by atoms with Crippen LogP contribution in [0.15, 0.2) is 48.8 Å². The Kier molecular flexibility index (Phi) is 3.97. The van der Waals surface area contributed by atoms with Crippen LogP contribution in [0.25, 0.3) is 0 Å². The predicted octanol–water partition coefficient (Wildman–Crippen LogP) is 1.75. The second kappa shape index (κ2) is 6.06. The van der Waals surface area contributed by atoms with Crippen LogP contribution < -0.4 is 5.32 Å². The van der Waals surface area contributed by atoms with Crippen molar-refractivity contribution in [2.75, 3.05) is 7.05 Å². The first kappa shape index (κ1) is 13.8. The van der Waals surface area contributed by atoms with Gasteiger partial charge in [-0.1, -0.05) is 30.3 Å². The summed E-state index contributed by atoms with van der Waals surface area (Å²) in [5.41, 5.74) is 3.60. The van der Waals surface area contributed by atoms with Gasteiger partial charge in [0.25, 0.3) is 0 Å². The number of nitrogens with one attached hydrogen (secondary N) is 1. The van der Waals surface area contributed by atoms with Gasteiger partial charge >= 0.3 is 0 Å². The van der Waals surface area contributed by atoms with Crippen LogP contribution in [0.5, 0.6) is 0 Å². The highest BCUT2D eigenvalue weighted by Crippen LogP contribution is 2.17. The van der Waals surface area contributed by atoms with E-state index in [0.29, 0.717) is 6.54 Å². The Morgan fingerprint density at radius 2 is 2.10 bits per heavy atom. The van der Waals surface area contributed by atoms with Crippen molar-refractivity contribution in [2.24, 2.45) is 0 Å². The van der Waals surface area contributed by atoms with E-state index >= 15 is 0 Å². The third-order valence-corrected chi connectivity index (χ3v) is 3.90. The summed E-state index contributed by atoms with van der Waals surface area (Å²) in [5.74, 6) is 0.133. The van der Waals surface area contributed by atoms with Gasteiger partial charge in [-0.05, 0) is 29.2 Å². The van der Waals surface area contributed by atoms with E-state index < -0.39 is 0 Å². The number of benzene rings is 1. The summed E-state index contributed by atoms with van der Waals surface area (Å²) >= 11 is 0. The minimum absolute atomic E-state index is 0.133. The molecule has 0 spiro atoms. The molecule has 108 valence electrons. The molecule has 4 nitrogen and oxygen atoms in total. The summed E-state index contributed by atoms with van der Waals surface area (Å²) in [7, 11) is 1.84. The maximum absolute atomic E-state index is 12.6. The van der Waals surface area contributed by atoms with E-state index in [1.165, 1.54) is 11.1 Å². The largest absolute Gasteiger partial charge is 0.340 e. The molecule has 0 bridgehead atoms. The van der Waals surface area contributed by atoms with Crippen LogP contribution in [-0.4, -0.2) is 28.9 Å². The van der Waals surface area contributed by atoms with Crippen molar-refractivity contribution in [2.45, 2.75) is 25.6 Å². The molecule has 1 aromatic carbocycles. The third-order valence-electron chi connectivity index (χ3n) is 3.90. The lowest BCUT2D eigenvalue weighted by molar-refractivity contribution is -0.132. The van der Waals surface area contributed by atoms with Crippen LogP contribution in [0.3, 0.4) is 0 Å². The summed E-state index contributed by atoms with van der Waals surface area (Å²) in [6.07, 6.45) is 4.30. The number of likely N-dealkylation sites (N-methyl/N-ethyl adjacent to an activating group) is 1. The quantitative estimate of drug-likeness (QED) is 0.932. The lowest BCUT2D eigenvalue weighted by Gasteiger charge is -2.29. The predicted molar refractivity (Wildman–Crippen MR) is 81.5 cm³/mol. The molecule has 1 aromatic heterocycles. The Morgan fingerprint density at radius 3 is 2.86 bits per heavy atom. The van der Waals surface area contributed by atoms with Crippen LogP contribution in [-0.2, 0) is 24.3 Å². The van der Waals surface area contributed by atoms with Crippen molar-refractivity contribution in [3.05, 3.63) is 65.5 Å². The highest BCUT2D eigenvalue weighted by atomic mass is 16.2. The topological polar surface area (TPSA) is 45.2 Å². The molecule has 0 saturated heterocycles. The normalized spacial score (nSPS) is 17.1. The zero-order chi connectivity index (χ0) is 14.7. The number of hydrogen-bond acceptors (Lipinski definition) is 3. The number of carbonyl (C=O) groups excluding carboxylic acids is 1. The SMILES string of the molecule is CN(Cc1cccnc1)C(=O)C1Cc2ccccc2CN1. The van der Waals surface area contributed by atoms with Gasteiger partial charge in [0.2, 0.25) is 5.91 Å². The average Bonchev–Trinajstić information content (AvgIpc) is 2.54. The van der Waals surface area contributed by atoms with Crippen LogP contribution in [0.1, 0.15) is 16.7 Å². The first-order valence-electron chi connectivity index (χ1n) is 7.18. The first-order chi connectivity index (χ1) is 10.2. The molecule has 1 N–H and O–H groups in total. The van der Waals surface area contributed by atoms with Crippen molar-refractivity contribution in [1.29, 1.82) is 0 Å². The van der Waals surface area contributed by atoms with Gasteiger partial charge in [-0.3, -0.25) is 9.78 Å². The van der Waals surface area contributed by atoms with Gasteiger partial charge in [0.05, 0.1) is 6.04 Å². The van der Waals surface area contributed by atoms with Crippen molar-refractivity contribution in [1.82, 2.24) is 15.2 Å². The number of carbonyl (C=O) groups is 1. The lowest BCUT2D eigenvalue weighted by Crippen LogP contribution is -2.48. The molecule has 3 rings (SSSR count). The van der Waals surface area contributed by atoms with E-state index in [-0.39, 0.29) is 11.9 Å². The van der Waals surface area contributed by atoms with Crippen LogP contribution in [0.2, 0.25) is 0 Å². The molecule has 1 aliphatic rings. The number of hydrogen-bond donors (Lipinski definition) is 1. The number of amides is 1. The maximum atomic E-state index is 12.6. The summed E-state index contributed by atoms with van der Waals surface area (Å²) in [6, 6.07) is 12.0. The molecular weight excluding hydrogens is 262 g/mol. The molecule has 1 amide bonds. The molecule has 0 fully saturated rings. The number of rotatable bonds is 3. The Morgan fingerprint density at radius 1 is 1.29 bits per heavy atom. The molecule has 21 heavy (non-hydrogen) atoms. The monoisotopic (exact) mass is 281 g/mol. The van der Waals surface area contributed by atoms with Gasteiger partial charge in [0.1, 0.15) is 0 Å². The van der Waals surface area contributed by atoms with Gasteiger partial charge in [-0.15, -0.1) is 0 Å². The van der Waals surface area contributed by atoms with E-state index in [9.17, 15) is 4.79 Å². The van der Waals surface area contributed by atoms with Gasteiger partial charge in [0, 0.05) is 32.5 Å². The van der Waals surface area contributed by atoms with Gasteiger partial charge in [-0.25, -0.2) is 0 Å². The van der Waals surface area contributed by atoms with Gasteiger partial charge in [-0.2, -0.15) is 0 Å². The summed E-state index contributed by atoms with van der Waals surface area (Å²) in [4.78, 5) is 18.4. The number of aromatic nitrogens is 1. The number of fused-ring (bicyclic) bond motifs is 1. The highest BCUT2D eigenvalue weighted by Gasteiger charge is 2.26. The fraction of sp³-hybridized carbons (Fsp3) is 0.294. The molecule has 1 atom stereocenters. The molecule has 0 saturated carbocycles. The molecular formula is C17H19N3O. The van der Waals surface area contributed by atoms with E-state index in [1.54, 1.807) is 17.3 Å². The number of nitrogens with zero attached hydrogens (tertiary/aromatic N) is 2. The molecule has 1 unspecified atom stereocenters. The van der Waals surface area contributed by atoms with E-state index in [4.69, 9.17) is 0 Å². The second-order valence-corrected chi connectivity index (χ2v) is 5.46. The van der Waals surface area contributed by atoms with Gasteiger partial charge in [0.15, 0.2) is 0 Å². The summed E-state index contributed by atoms with van der Waals surface area (Å²) in [5, 5.41) is 3.33. The zero-order valence-corrected chi connectivity index (χ0v) is 12.1. The number of pyridine rings is 1. The standard InChI is InChI=1S/C17H19N3O/c1-20(12-13-5-4-8-18-10-13)17(21)16-9-14-6-2-3-7-15(14)11-19-16/h2-8,10,16,19H,9,11-12H2,1H3. The van der Waals surface area contributed by atoms with E-state index in [0.717, 1.165) is 18.5 Å². The average molecular weight is 281 g/mol. The summed E-state index contributed by atoms with van der Waals surface area (Å²) in [6.45, 7) is 1.35. The minimum atomic E-state index is -0.137. The van der Waals surface area contributed by atoms with Crippen molar-refractivity contribution in [3.8, 4) is 0 Å². The van der Waals surface area contributed by atoms with Crippen LogP contribution in [0, 0.1) is 0 Å². The molecule has 2 aromatic rings. The van der Waals surface area contributed by atoms with Gasteiger partial charge < -0.3 is 10.2 Å². The maximum Gasteiger partial charge on any atom is 0.240 e. The molecule has 0 radical (unpaired) electrons. The fourth-order valence-corrected chi connectivity index (χ4v) is 2.74. The van der Waals surface area contributed by atoms with Crippen molar-refractivity contribution >= 4 is 5.91 Å². The smallest absolute Gasteiger partial charge is 0.240 e. The molecule has 2 heterocycles. The lowest BCUT2D eigenvalue weighted by atomic mass is 9.95. The van der Waals surface area contributed by atoms with Crippen LogP contribution in [0.4, 0.5) is 0 Å². The second-order valence-electron chi connectivity index (χ2n) is 5.46. The molecule has 0 aliphatic carbocycles.